The lowest BCUT2D eigenvalue weighted by Crippen LogP contribution is -2.54. The van der Waals surface area contributed by atoms with Crippen molar-refractivity contribution < 1.29 is 9.53 Å². The molecule has 1 saturated heterocycles. The second-order valence-corrected chi connectivity index (χ2v) is 7.70. The molecule has 140 valence electrons. The minimum atomic E-state index is -0.437. The van der Waals surface area contributed by atoms with E-state index in [1.54, 1.807) is 0 Å². The molecule has 1 aliphatic heterocycles. The standard InChI is InChI=1S/C18H36N4O2/c1-7-16(13-20-12-14(2)19)15(3)21-8-10-22(11-9-21)17(23)24-18(4,5)6/h15-16,20H,2,7-13,19H2,1,3-6H3. The molecule has 2 atom stereocenters. The van der Waals surface area contributed by atoms with Gasteiger partial charge in [0.15, 0.2) is 0 Å². The van der Waals surface area contributed by atoms with Gasteiger partial charge in [0.1, 0.15) is 5.60 Å². The molecule has 6 nitrogen and oxygen atoms in total. The van der Waals surface area contributed by atoms with Crippen LogP contribution in [0, 0.1) is 5.92 Å². The molecule has 1 rings (SSSR count). The van der Waals surface area contributed by atoms with Crippen LogP contribution in [0.1, 0.15) is 41.0 Å². The number of amides is 1. The molecule has 0 bridgehead atoms. The number of hydrogen-bond acceptors (Lipinski definition) is 5. The van der Waals surface area contributed by atoms with Crippen molar-refractivity contribution >= 4 is 6.09 Å². The molecule has 6 heteroatoms. The van der Waals surface area contributed by atoms with Crippen molar-refractivity contribution in [1.82, 2.24) is 15.1 Å². The van der Waals surface area contributed by atoms with Gasteiger partial charge in [-0.25, -0.2) is 4.79 Å². The van der Waals surface area contributed by atoms with Crippen molar-refractivity contribution in [3.8, 4) is 0 Å². The zero-order valence-corrected chi connectivity index (χ0v) is 16.1. The highest BCUT2D eigenvalue weighted by atomic mass is 16.6. The zero-order chi connectivity index (χ0) is 18.3. The summed E-state index contributed by atoms with van der Waals surface area (Å²) >= 11 is 0. The van der Waals surface area contributed by atoms with E-state index in [0.717, 1.165) is 39.1 Å². The molecular formula is C18H36N4O2. The molecule has 0 spiro atoms. The molecule has 1 fully saturated rings. The molecule has 0 aromatic carbocycles. The van der Waals surface area contributed by atoms with E-state index in [4.69, 9.17) is 10.5 Å². The lowest BCUT2D eigenvalue weighted by Gasteiger charge is -2.41. The molecule has 0 aliphatic carbocycles. The summed E-state index contributed by atoms with van der Waals surface area (Å²) < 4.78 is 5.46. The fourth-order valence-electron chi connectivity index (χ4n) is 3.01. The second kappa shape index (κ2) is 9.28. The fraction of sp³-hybridized carbons (Fsp3) is 0.833. The van der Waals surface area contributed by atoms with Crippen molar-refractivity contribution in [2.45, 2.75) is 52.7 Å². The van der Waals surface area contributed by atoms with Crippen LogP contribution in [0.15, 0.2) is 12.3 Å². The van der Waals surface area contributed by atoms with E-state index in [1.165, 1.54) is 0 Å². The third-order valence-electron chi connectivity index (χ3n) is 4.51. The summed E-state index contributed by atoms with van der Waals surface area (Å²) in [6.45, 7) is 18.7. The molecule has 0 saturated carbocycles. The minimum absolute atomic E-state index is 0.204. The van der Waals surface area contributed by atoms with E-state index in [-0.39, 0.29) is 6.09 Å². The largest absolute Gasteiger partial charge is 0.444 e. The number of nitrogens with two attached hydrogens (primary N) is 1. The normalized spacial score (nSPS) is 19.0. The lowest BCUT2D eigenvalue weighted by molar-refractivity contribution is 0.00777. The van der Waals surface area contributed by atoms with Crippen LogP contribution in [0.5, 0.6) is 0 Å². The smallest absolute Gasteiger partial charge is 0.410 e. The first-order chi connectivity index (χ1) is 11.1. The first kappa shape index (κ1) is 20.8. The van der Waals surface area contributed by atoms with Gasteiger partial charge in [-0.1, -0.05) is 19.9 Å². The Labute approximate surface area is 147 Å². The van der Waals surface area contributed by atoms with Crippen LogP contribution in [0.4, 0.5) is 4.79 Å². The maximum Gasteiger partial charge on any atom is 0.410 e. The van der Waals surface area contributed by atoms with E-state index in [1.807, 2.05) is 25.7 Å². The number of hydrogen-bond donors (Lipinski definition) is 2. The van der Waals surface area contributed by atoms with Crippen LogP contribution in [-0.2, 0) is 4.74 Å². The number of nitrogens with zero attached hydrogens (tertiary/aromatic N) is 2. The molecule has 3 N–H and O–H groups in total. The molecular weight excluding hydrogens is 304 g/mol. The Balaban J connectivity index is 2.44. The summed E-state index contributed by atoms with van der Waals surface area (Å²) in [6.07, 6.45) is 0.905. The molecule has 0 aromatic heterocycles. The van der Waals surface area contributed by atoms with Crippen LogP contribution >= 0.6 is 0 Å². The molecule has 2 unspecified atom stereocenters. The van der Waals surface area contributed by atoms with Gasteiger partial charge in [0, 0.05) is 44.5 Å². The van der Waals surface area contributed by atoms with Crippen LogP contribution in [0.3, 0.4) is 0 Å². The van der Waals surface area contributed by atoms with Gasteiger partial charge in [-0.3, -0.25) is 4.90 Å². The molecule has 0 radical (unpaired) electrons. The number of piperazine rings is 1. The van der Waals surface area contributed by atoms with Gasteiger partial charge in [-0.15, -0.1) is 0 Å². The summed E-state index contributed by atoms with van der Waals surface area (Å²) in [7, 11) is 0. The third-order valence-corrected chi connectivity index (χ3v) is 4.51. The van der Waals surface area contributed by atoms with Crippen LogP contribution in [-0.4, -0.2) is 66.8 Å². The Morgan fingerprint density at radius 3 is 2.33 bits per heavy atom. The third kappa shape index (κ3) is 7.09. The van der Waals surface area contributed by atoms with E-state index in [9.17, 15) is 4.79 Å². The first-order valence-electron chi connectivity index (χ1n) is 9.00. The van der Waals surface area contributed by atoms with Crippen molar-refractivity contribution in [2.24, 2.45) is 11.7 Å². The SMILES string of the molecule is C=C(N)CNCC(CC)C(C)N1CCN(C(=O)OC(C)(C)C)CC1. The van der Waals surface area contributed by atoms with Gasteiger partial charge in [-0.2, -0.15) is 0 Å². The quantitative estimate of drug-likeness (QED) is 0.742. The van der Waals surface area contributed by atoms with Crippen molar-refractivity contribution in [2.75, 3.05) is 39.3 Å². The van der Waals surface area contributed by atoms with E-state index < -0.39 is 5.60 Å². The Hall–Kier alpha value is -1.27. The Bertz CT molecular complexity index is 412. The fourth-order valence-corrected chi connectivity index (χ4v) is 3.01. The molecule has 1 aliphatic rings. The summed E-state index contributed by atoms with van der Waals surface area (Å²) in [6, 6.07) is 0.467. The highest BCUT2D eigenvalue weighted by molar-refractivity contribution is 5.68. The summed E-state index contributed by atoms with van der Waals surface area (Å²) in [5.41, 5.74) is 5.84. The average Bonchev–Trinajstić information content (AvgIpc) is 2.49. The van der Waals surface area contributed by atoms with Gasteiger partial charge in [0.2, 0.25) is 0 Å². The number of ether oxygens (including phenoxy) is 1. The second-order valence-electron chi connectivity index (χ2n) is 7.70. The van der Waals surface area contributed by atoms with E-state index in [0.29, 0.717) is 24.2 Å². The molecule has 1 heterocycles. The average molecular weight is 341 g/mol. The molecule has 24 heavy (non-hydrogen) atoms. The van der Waals surface area contributed by atoms with Crippen molar-refractivity contribution in [1.29, 1.82) is 0 Å². The maximum atomic E-state index is 12.1. The van der Waals surface area contributed by atoms with Crippen LogP contribution in [0.2, 0.25) is 0 Å². The Morgan fingerprint density at radius 2 is 1.88 bits per heavy atom. The molecule has 1 amide bonds. The van der Waals surface area contributed by atoms with Crippen LogP contribution in [0.25, 0.3) is 0 Å². The topological polar surface area (TPSA) is 70.8 Å². The predicted octanol–water partition coefficient (Wildman–Crippen LogP) is 2.02. The predicted molar refractivity (Wildman–Crippen MR) is 98.8 cm³/mol. The van der Waals surface area contributed by atoms with Gasteiger partial charge >= 0.3 is 6.09 Å². The summed E-state index contributed by atoms with van der Waals surface area (Å²) in [5, 5.41) is 3.37. The minimum Gasteiger partial charge on any atom is -0.444 e. The number of rotatable bonds is 7. The van der Waals surface area contributed by atoms with E-state index >= 15 is 0 Å². The maximum absolute atomic E-state index is 12.1. The first-order valence-corrected chi connectivity index (χ1v) is 9.00. The number of nitrogens with one attached hydrogen (secondary N) is 1. The van der Waals surface area contributed by atoms with Crippen molar-refractivity contribution in [3.63, 3.8) is 0 Å². The van der Waals surface area contributed by atoms with Crippen LogP contribution < -0.4 is 11.1 Å². The zero-order valence-electron chi connectivity index (χ0n) is 16.1. The van der Waals surface area contributed by atoms with E-state index in [2.05, 4.69) is 30.6 Å². The lowest BCUT2D eigenvalue weighted by atomic mass is 9.96. The number of carbonyl (C=O) groups excluding carboxylic acids is 1. The Kier molecular flexibility index (Phi) is 8.03. The van der Waals surface area contributed by atoms with Gasteiger partial charge < -0.3 is 20.7 Å². The summed E-state index contributed by atoms with van der Waals surface area (Å²) in [5.74, 6) is 0.553. The van der Waals surface area contributed by atoms with Gasteiger partial charge in [0.25, 0.3) is 0 Å². The van der Waals surface area contributed by atoms with Gasteiger partial charge in [-0.05, 0) is 40.2 Å². The highest BCUT2D eigenvalue weighted by Crippen LogP contribution is 2.18. The monoisotopic (exact) mass is 340 g/mol. The molecule has 0 aromatic rings. The van der Waals surface area contributed by atoms with Crippen molar-refractivity contribution in [3.05, 3.63) is 12.3 Å². The van der Waals surface area contributed by atoms with Gasteiger partial charge in [0.05, 0.1) is 0 Å². The summed E-state index contributed by atoms with van der Waals surface area (Å²) in [4.78, 5) is 16.4. The Morgan fingerprint density at radius 1 is 1.29 bits per heavy atom. The number of carbonyl (C=O) groups is 1. The highest BCUT2D eigenvalue weighted by Gasteiger charge is 2.29.